The lowest BCUT2D eigenvalue weighted by Crippen LogP contribution is -2.37. The molecule has 0 saturated heterocycles. The van der Waals surface area contributed by atoms with Gasteiger partial charge in [0.1, 0.15) is 11.4 Å². The highest BCUT2D eigenvalue weighted by Crippen LogP contribution is 2.25. The number of carbonyl (C=O) groups excluding carboxylic acids is 1. The third kappa shape index (κ3) is 7.34. The molecular weight excluding hydrogens is 322 g/mol. The zero-order valence-electron chi connectivity index (χ0n) is 14.0. The lowest BCUT2D eigenvalue weighted by Gasteiger charge is -2.24. The highest BCUT2D eigenvalue weighted by molar-refractivity contribution is 7.85. The van der Waals surface area contributed by atoms with Crippen LogP contribution in [0, 0.1) is 0 Å². The first-order chi connectivity index (χ1) is 10.5. The van der Waals surface area contributed by atoms with E-state index in [1.54, 1.807) is 45.0 Å². The van der Waals surface area contributed by atoms with E-state index in [0.717, 1.165) is 6.26 Å². The Morgan fingerprint density at radius 1 is 1.26 bits per heavy atom. The van der Waals surface area contributed by atoms with Crippen LogP contribution >= 0.6 is 0 Å². The summed E-state index contributed by atoms with van der Waals surface area (Å²) in [7, 11) is -2.16. The summed E-state index contributed by atoms with van der Waals surface area (Å²) in [6, 6.07) is 6.20. The summed E-state index contributed by atoms with van der Waals surface area (Å²) < 4.78 is 37.7. The van der Waals surface area contributed by atoms with Gasteiger partial charge >= 0.3 is 6.09 Å². The summed E-state index contributed by atoms with van der Waals surface area (Å²) in [6.07, 6.45) is 0.269. The summed E-state index contributed by atoms with van der Waals surface area (Å²) in [5, 5.41) is 2.61. The molecule has 0 bridgehead atoms. The highest BCUT2D eigenvalue weighted by Gasteiger charge is 2.24. The molecule has 0 aromatic heterocycles. The van der Waals surface area contributed by atoms with Crippen molar-refractivity contribution in [1.82, 2.24) is 5.32 Å². The molecule has 1 N–H and O–H groups in total. The van der Waals surface area contributed by atoms with Gasteiger partial charge in [-0.1, -0.05) is 18.2 Å². The van der Waals surface area contributed by atoms with Gasteiger partial charge in [0.05, 0.1) is 26.0 Å². The topological polar surface area (TPSA) is 90.9 Å². The molecule has 130 valence electrons. The molecule has 1 aromatic carbocycles. The molecule has 0 fully saturated rings. The largest absolute Gasteiger partial charge is 0.496 e. The molecule has 0 radical (unpaired) electrons. The number of carbonyl (C=O) groups is 1. The van der Waals surface area contributed by atoms with E-state index < -0.39 is 27.9 Å². The van der Waals surface area contributed by atoms with Crippen LogP contribution < -0.4 is 10.1 Å². The highest BCUT2D eigenvalue weighted by atomic mass is 32.2. The summed E-state index contributed by atoms with van der Waals surface area (Å²) in [5.41, 5.74) is -0.0860. The van der Waals surface area contributed by atoms with Gasteiger partial charge in [-0.2, -0.15) is 8.42 Å². The van der Waals surface area contributed by atoms with Crippen molar-refractivity contribution >= 4 is 16.2 Å². The Hall–Kier alpha value is -1.80. The standard InChI is InChI=1S/C15H23NO6S/c1-15(2,3)22-14(17)16-12(10-21-23(5,18)19)11-8-6-7-9-13(11)20-4/h6-9,12H,10H2,1-5H3,(H,16,17)/t12-/m0/s1. The van der Waals surface area contributed by atoms with Crippen LogP contribution in [0.3, 0.4) is 0 Å². The predicted molar refractivity (Wildman–Crippen MR) is 85.9 cm³/mol. The Balaban J connectivity index is 2.99. The minimum Gasteiger partial charge on any atom is -0.496 e. The number of hydrogen-bond donors (Lipinski definition) is 1. The van der Waals surface area contributed by atoms with E-state index in [2.05, 4.69) is 5.32 Å². The van der Waals surface area contributed by atoms with Crippen LogP contribution in [0.15, 0.2) is 24.3 Å². The van der Waals surface area contributed by atoms with E-state index in [1.165, 1.54) is 7.11 Å². The van der Waals surface area contributed by atoms with Crippen LogP contribution in [0.1, 0.15) is 32.4 Å². The molecular formula is C15H23NO6S. The minimum atomic E-state index is -3.65. The van der Waals surface area contributed by atoms with E-state index in [-0.39, 0.29) is 6.61 Å². The molecule has 0 unspecified atom stereocenters. The van der Waals surface area contributed by atoms with Gasteiger partial charge in [-0.3, -0.25) is 4.18 Å². The second-order valence-corrected chi connectivity index (χ2v) is 7.57. The Bertz CT molecular complexity index is 636. The van der Waals surface area contributed by atoms with Gasteiger partial charge in [0.15, 0.2) is 0 Å². The van der Waals surface area contributed by atoms with Crippen LogP contribution in [-0.4, -0.2) is 40.1 Å². The number of amides is 1. The van der Waals surface area contributed by atoms with E-state index in [4.69, 9.17) is 13.7 Å². The Morgan fingerprint density at radius 3 is 2.39 bits per heavy atom. The Kier molecular flexibility index (Phi) is 6.40. The van der Waals surface area contributed by atoms with E-state index in [0.29, 0.717) is 11.3 Å². The molecule has 0 spiro atoms. The second-order valence-electron chi connectivity index (χ2n) is 5.93. The first-order valence-corrected chi connectivity index (χ1v) is 8.80. The van der Waals surface area contributed by atoms with Crippen LogP contribution in [0.2, 0.25) is 0 Å². The van der Waals surface area contributed by atoms with Crippen LogP contribution in [0.4, 0.5) is 4.79 Å². The molecule has 0 heterocycles. The maximum atomic E-state index is 12.0. The Morgan fingerprint density at radius 2 is 1.87 bits per heavy atom. The maximum absolute atomic E-state index is 12.0. The number of hydrogen-bond acceptors (Lipinski definition) is 6. The molecule has 1 amide bonds. The normalized spacial score (nSPS) is 13.3. The quantitative estimate of drug-likeness (QED) is 0.795. The average molecular weight is 345 g/mol. The summed E-state index contributed by atoms with van der Waals surface area (Å²) in [4.78, 5) is 12.0. The maximum Gasteiger partial charge on any atom is 0.408 e. The van der Waals surface area contributed by atoms with Crippen LogP contribution in [-0.2, 0) is 19.0 Å². The molecule has 1 aromatic rings. The zero-order valence-corrected chi connectivity index (χ0v) is 14.8. The zero-order chi connectivity index (χ0) is 17.7. The van der Waals surface area contributed by atoms with Gasteiger partial charge in [-0.15, -0.1) is 0 Å². The van der Waals surface area contributed by atoms with Gasteiger partial charge in [0, 0.05) is 5.56 Å². The van der Waals surface area contributed by atoms with Crippen molar-refractivity contribution in [3.05, 3.63) is 29.8 Å². The molecule has 1 atom stereocenters. The van der Waals surface area contributed by atoms with Gasteiger partial charge in [0.25, 0.3) is 10.1 Å². The number of rotatable bonds is 6. The predicted octanol–water partition coefficient (Wildman–Crippen LogP) is 2.24. The second kappa shape index (κ2) is 7.65. The Labute approximate surface area is 137 Å². The molecule has 8 heteroatoms. The van der Waals surface area contributed by atoms with Gasteiger partial charge < -0.3 is 14.8 Å². The molecule has 1 rings (SSSR count). The lowest BCUT2D eigenvalue weighted by atomic mass is 10.1. The number of nitrogens with one attached hydrogen (secondary N) is 1. The van der Waals surface area contributed by atoms with E-state index in [1.807, 2.05) is 0 Å². The van der Waals surface area contributed by atoms with Crippen LogP contribution in [0.5, 0.6) is 5.75 Å². The average Bonchev–Trinajstić information content (AvgIpc) is 2.40. The van der Waals surface area contributed by atoms with Gasteiger partial charge in [-0.05, 0) is 26.8 Å². The van der Waals surface area contributed by atoms with Crippen molar-refractivity contribution in [2.24, 2.45) is 0 Å². The van der Waals surface area contributed by atoms with Crippen molar-refractivity contribution < 1.29 is 26.9 Å². The van der Waals surface area contributed by atoms with Crippen molar-refractivity contribution in [1.29, 1.82) is 0 Å². The summed E-state index contributed by atoms with van der Waals surface area (Å²) in [6.45, 7) is 4.94. The van der Waals surface area contributed by atoms with Gasteiger partial charge in [-0.25, -0.2) is 4.79 Å². The van der Waals surface area contributed by atoms with Gasteiger partial charge in [0.2, 0.25) is 0 Å². The number of benzene rings is 1. The number of ether oxygens (including phenoxy) is 2. The smallest absolute Gasteiger partial charge is 0.408 e. The van der Waals surface area contributed by atoms with Crippen molar-refractivity contribution in [2.75, 3.05) is 20.0 Å². The first-order valence-electron chi connectivity index (χ1n) is 6.98. The van der Waals surface area contributed by atoms with Crippen molar-refractivity contribution in [3.8, 4) is 5.75 Å². The first kappa shape index (κ1) is 19.2. The molecule has 0 aliphatic heterocycles. The summed E-state index contributed by atoms with van der Waals surface area (Å²) in [5.74, 6) is 0.505. The fourth-order valence-corrected chi connectivity index (χ4v) is 2.19. The fraction of sp³-hybridized carbons (Fsp3) is 0.533. The third-order valence-corrected chi connectivity index (χ3v) is 3.22. The minimum absolute atomic E-state index is 0.265. The van der Waals surface area contributed by atoms with Crippen molar-refractivity contribution in [3.63, 3.8) is 0 Å². The van der Waals surface area contributed by atoms with Crippen LogP contribution in [0.25, 0.3) is 0 Å². The third-order valence-electron chi connectivity index (χ3n) is 2.65. The number of para-hydroxylation sites is 1. The van der Waals surface area contributed by atoms with E-state index in [9.17, 15) is 13.2 Å². The molecule has 0 aliphatic rings. The molecule has 0 aliphatic carbocycles. The number of alkyl carbamates (subject to hydrolysis) is 1. The number of methoxy groups -OCH3 is 1. The molecule has 23 heavy (non-hydrogen) atoms. The molecule has 0 saturated carbocycles. The molecule has 7 nitrogen and oxygen atoms in total. The fourth-order valence-electron chi connectivity index (χ4n) is 1.80. The SMILES string of the molecule is COc1ccccc1[C@H](COS(C)(=O)=O)NC(=O)OC(C)(C)C. The lowest BCUT2D eigenvalue weighted by molar-refractivity contribution is 0.0486. The monoisotopic (exact) mass is 345 g/mol. The summed E-state index contributed by atoms with van der Waals surface area (Å²) >= 11 is 0. The van der Waals surface area contributed by atoms with Crippen molar-refractivity contribution in [2.45, 2.75) is 32.4 Å². The van der Waals surface area contributed by atoms with E-state index >= 15 is 0 Å².